The Kier molecular flexibility index (Phi) is 5.17. The third-order valence-electron chi connectivity index (χ3n) is 2.54. The molecular formula is C14H11Cl3N2O2. The number of hydrogen-bond acceptors (Lipinski definition) is 3. The fourth-order valence-electron chi connectivity index (χ4n) is 1.57. The number of carbonyl (C=O) groups excluding carboxylic acids is 1. The van der Waals surface area contributed by atoms with Crippen LogP contribution in [0, 0.1) is 0 Å². The number of rotatable bonds is 4. The first-order valence-corrected chi connectivity index (χ1v) is 7.02. The van der Waals surface area contributed by atoms with Gasteiger partial charge in [0.25, 0.3) is 5.91 Å². The van der Waals surface area contributed by atoms with Crippen LogP contribution < -0.4 is 15.8 Å². The zero-order valence-electron chi connectivity index (χ0n) is 10.7. The molecule has 0 aliphatic heterocycles. The van der Waals surface area contributed by atoms with Crippen molar-refractivity contribution in [3.63, 3.8) is 0 Å². The smallest absolute Gasteiger partial charge is 0.262 e. The van der Waals surface area contributed by atoms with Gasteiger partial charge < -0.3 is 15.8 Å². The molecule has 2 rings (SSSR count). The number of anilines is 2. The molecule has 0 spiro atoms. The summed E-state index contributed by atoms with van der Waals surface area (Å²) in [5.41, 5.74) is 6.59. The Balaban J connectivity index is 1.96. The Labute approximate surface area is 136 Å². The van der Waals surface area contributed by atoms with Crippen molar-refractivity contribution in [2.45, 2.75) is 0 Å². The second-order valence-corrected chi connectivity index (χ2v) is 5.42. The van der Waals surface area contributed by atoms with Gasteiger partial charge >= 0.3 is 0 Å². The molecule has 110 valence electrons. The highest BCUT2D eigenvalue weighted by Gasteiger charge is 2.08. The van der Waals surface area contributed by atoms with Crippen LogP contribution in [0.4, 0.5) is 11.4 Å². The Morgan fingerprint density at radius 3 is 2.43 bits per heavy atom. The van der Waals surface area contributed by atoms with Crippen LogP contribution in [0.25, 0.3) is 0 Å². The quantitative estimate of drug-likeness (QED) is 0.814. The van der Waals surface area contributed by atoms with E-state index in [1.165, 1.54) is 6.07 Å². The minimum atomic E-state index is -0.366. The van der Waals surface area contributed by atoms with Gasteiger partial charge in [-0.15, -0.1) is 0 Å². The van der Waals surface area contributed by atoms with E-state index in [0.717, 1.165) is 0 Å². The van der Waals surface area contributed by atoms with Gasteiger partial charge in [0.1, 0.15) is 5.75 Å². The number of benzene rings is 2. The third-order valence-corrected chi connectivity index (χ3v) is 3.31. The van der Waals surface area contributed by atoms with E-state index in [1.807, 2.05) is 0 Å². The highest BCUT2D eigenvalue weighted by Crippen LogP contribution is 2.27. The number of hydrogen-bond donors (Lipinski definition) is 2. The molecule has 0 aliphatic rings. The molecule has 2 aromatic rings. The number of nitrogen functional groups attached to an aromatic ring is 1. The number of carbonyl (C=O) groups is 1. The summed E-state index contributed by atoms with van der Waals surface area (Å²) >= 11 is 17.5. The number of amides is 1. The summed E-state index contributed by atoms with van der Waals surface area (Å²) in [6.45, 7) is -0.205. The monoisotopic (exact) mass is 344 g/mol. The standard InChI is InChI=1S/C14H11Cl3N2O2/c15-8-2-4-13(10(17)5-8)21-7-14(20)19-12-3-1-9(16)6-11(12)18/h1-6H,7,18H2,(H,19,20). The summed E-state index contributed by atoms with van der Waals surface area (Å²) in [6, 6.07) is 9.55. The fourth-order valence-corrected chi connectivity index (χ4v) is 2.21. The van der Waals surface area contributed by atoms with Crippen molar-refractivity contribution in [3.8, 4) is 5.75 Å². The molecule has 0 heterocycles. The van der Waals surface area contributed by atoms with Gasteiger partial charge in [-0.1, -0.05) is 34.8 Å². The largest absolute Gasteiger partial charge is 0.482 e. The van der Waals surface area contributed by atoms with E-state index in [-0.39, 0.29) is 12.5 Å². The van der Waals surface area contributed by atoms with E-state index >= 15 is 0 Å². The van der Waals surface area contributed by atoms with Crippen molar-refractivity contribution in [1.29, 1.82) is 0 Å². The summed E-state index contributed by atoms with van der Waals surface area (Å²) in [6.07, 6.45) is 0. The summed E-state index contributed by atoms with van der Waals surface area (Å²) in [5.74, 6) is 0.00957. The molecular weight excluding hydrogens is 335 g/mol. The molecule has 0 unspecified atom stereocenters. The highest BCUT2D eigenvalue weighted by molar-refractivity contribution is 6.35. The van der Waals surface area contributed by atoms with Gasteiger partial charge in [0, 0.05) is 10.0 Å². The maximum absolute atomic E-state index is 11.8. The summed E-state index contributed by atoms with van der Waals surface area (Å²) in [4.78, 5) is 11.8. The van der Waals surface area contributed by atoms with Crippen LogP contribution in [0.5, 0.6) is 5.75 Å². The molecule has 21 heavy (non-hydrogen) atoms. The second-order valence-electron chi connectivity index (χ2n) is 4.14. The van der Waals surface area contributed by atoms with Crippen molar-refractivity contribution in [3.05, 3.63) is 51.5 Å². The number of nitrogens with one attached hydrogen (secondary N) is 1. The molecule has 0 radical (unpaired) electrons. The molecule has 0 bridgehead atoms. The summed E-state index contributed by atoms with van der Waals surface area (Å²) < 4.78 is 5.32. The van der Waals surface area contributed by atoms with Crippen LogP contribution in [-0.4, -0.2) is 12.5 Å². The van der Waals surface area contributed by atoms with Crippen molar-refractivity contribution in [2.24, 2.45) is 0 Å². The normalized spacial score (nSPS) is 10.2. The van der Waals surface area contributed by atoms with Crippen molar-refractivity contribution in [1.82, 2.24) is 0 Å². The number of halogens is 3. The molecule has 1 amide bonds. The summed E-state index contributed by atoms with van der Waals surface area (Å²) in [5, 5.41) is 3.94. The lowest BCUT2D eigenvalue weighted by molar-refractivity contribution is -0.118. The lowest BCUT2D eigenvalue weighted by Gasteiger charge is -2.10. The lowest BCUT2D eigenvalue weighted by Crippen LogP contribution is -2.20. The fraction of sp³-hybridized carbons (Fsp3) is 0.0714. The zero-order chi connectivity index (χ0) is 15.4. The Bertz CT molecular complexity index is 677. The van der Waals surface area contributed by atoms with E-state index in [4.69, 9.17) is 45.3 Å². The first-order chi connectivity index (χ1) is 9.95. The topological polar surface area (TPSA) is 64.3 Å². The van der Waals surface area contributed by atoms with Crippen LogP contribution in [0.1, 0.15) is 0 Å². The Morgan fingerprint density at radius 2 is 1.76 bits per heavy atom. The average molecular weight is 346 g/mol. The van der Waals surface area contributed by atoms with E-state index in [2.05, 4.69) is 5.32 Å². The van der Waals surface area contributed by atoms with Crippen LogP contribution >= 0.6 is 34.8 Å². The molecule has 3 N–H and O–H groups in total. The highest BCUT2D eigenvalue weighted by atomic mass is 35.5. The molecule has 0 aromatic heterocycles. The van der Waals surface area contributed by atoms with Crippen LogP contribution in [-0.2, 0) is 4.79 Å². The van der Waals surface area contributed by atoms with Crippen LogP contribution in [0.15, 0.2) is 36.4 Å². The predicted molar refractivity (Wildman–Crippen MR) is 86.5 cm³/mol. The minimum Gasteiger partial charge on any atom is -0.482 e. The molecule has 7 heteroatoms. The lowest BCUT2D eigenvalue weighted by atomic mass is 10.2. The Morgan fingerprint density at radius 1 is 1.10 bits per heavy atom. The van der Waals surface area contributed by atoms with E-state index in [9.17, 15) is 4.79 Å². The predicted octanol–water partition coefficient (Wildman–Crippen LogP) is 4.25. The molecule has 2 aromatic carbocycles. The van der Waals surface area contributed by atoms with Gasteiger partial charge in [-0.2, -0.15) is 0 Å². The SMILES string of the molecule is Nc1cc(Cl)ccc1NC(=O)COc1ccc(Cl)cc1Cl. The van der Waals surface area contributed by atoms with Gasteiger partial charge in [0.15, 0.2) is 6.61 Å². The number of ether oxygens (including phenoxy) is 1. The van der Waals surface area contributed by atoms with E-state index < -0.39 is 0 Å². The average Bonchev–Trinajstić information content (AvgIpc) is 2.41. The molecule has 0 saturated carbocycles. The van der Waals surface area contributed by atoms with Gasteiger partial charge in [-0.3, -0.25) is 4.79 Å². The third kappa shape index (κ3) is 4.43. The first-order valence-electron chi connectivity index (χ1n) is 5.88. The van der Waals surface area contributed by atoms with Crippen LogP contribution in [0.3, 0.4) is 0 Å². The van der Waals surface area contributed by atoms with Gasteiger partial charge in [-0.25, -0.2) is 0 Å². The van der Waals surface area contributed by atoms with E-state index in [1.54, 1.807) is 30.3 Å². The van der Waals surface area contributed by atoms with Gasteiger partial charge in [0.05, 0.1) is 16.4 Å². The van der Waals surface area contributed by atoms with Gasteiger partial charge in [0.2, 0.25) is 0 Å². The molecule has 0 aliphatic carbocycles. The number of nitrogens with two attached hydrogens (primary N) is 1. The van der Waals surface area contributed by atoms with Crippen molar-refractivity contribution in [2.75, 3.05) is 17.7 Å². The van der Waals surface area contributed by atoms with Crippen molar-refractivity contribution < 1.29 is 9.53 Å². The van der Waals surface area contributed by atoms with Gasteiger partial charge in [-0.05, 0) is 36.4 Å². The van der Waals surface area contributed by atoms with E-state index in [0.29, 0.717) is 32.2 Å². The van der Waals surface area contributed by atoms with Crippen LogP contribution in [0.2, 0.25) is 15.1 Å². The first kappa shape index (κ1) is 15.8. The maximum atomic E-state index is 11.8. The molecule has 0 saturated heterocycles. The second kappa shape index (κ2) is 6.89. The molecule has 4 nitrogen and oxygen atoms in total. The zero-order valence-corrected chi connectivity index (χ0v) is 13.0. The molecule has 0 fully saturated rings. The summed E-state index contributed by atoms with van der Waals surface area (Å²) in [7, 11) is 0. The Hall–Kier alpha value is -1.62. The maximum Gasteiger partial charge on any atom is 0.262 e. The minimum absolute atomic E-state index is 0.205. The molecule has 0 atom stereocenters. The van der Waals surface area contributed by atoms with Crippen molar-refractivity contribution >= 4 is 52.1 Å².